The van der Waals surface area contributed by atoms with Crippen molar-refractivity contribution in [2.75, 3.05) is 20.2 Å². The molecule has 1 heterocycles. The number of methoxy groups -OCH3 is 1. The molecule has 1 amide bonds. The van der Waals surface area contributed by atoms with Crippen LogP contribution in [0.1, 0.15) is 38.7 Å². The molecule has 0 spiro atoms. The molecule has 3 nitrogen and oxygen atoms in total. The highest BCUT2D eigenvalue weighted by Crippen LogP contribution is 2.31. The van der Waals surface area contributed by atoms with E-state index in [9.17, 15) is 4.79 Å². The maximum Gasteiger partial charge on any atom is 0.227 e. The molecule has 1 aromatic carbocycles. The van der Waals surface area contributed by atoms with Gasteiger partial charge in [0.05, 0.1) is 7.11 Å². The van der Waals surface area contributed by atoms with Gasteiger partial charge in [-0.05, 0) is 24.1 Å². The Hall–Kier alpha value is -1.51. The Bertz CT molecular complexity index is 462. The highest BCUT2D eigenvalue weighted by Gasteiger charge is 2.33. The largest absolute Gasteiger partial charge is 0.497 e. The topological polar surface area (TPSA) is 29.5 Å². The van der Waals surface area contributed by atoms with E-state index in [4.69, 9.17) is 4.74 Å². The Kier molecular flexibility index (Phi) is 3.83. The molecule has 0 radical (unpaired) electrons. The second kappa shape index (κ2) is 5.24. The number of carbonyl (C=O) groups is 1. The zero-order chi connectivity index (χ0) is 14.0. The summed E-state index contributed by atoms with van der Waals surface area (Å²) in [5.41, 5.74) is 0.979. The molecule has 0 aromatic heterocycles. The van der Waals surface area contributed by atoms with Crippen molar-refractivity contribution in [3.8, 4) is 5.75 Å². The van der Waals surface area contributed by atoms with Crippen LogP contribution in [-0.2, 0) is 4.79 Å². The van der Waals surface area contributed by atoms with Gasteiger partial charge in [0, 0.05) is 24.4 Å². The summed E-state index contributed by atoms with van der Waals surface area (Å²) in [5.74, 6) is 1.57. The van der Waals surface area contributed by atoms with Crippen molar-refractivity contribution in [3.63, 3.8) is 0 Å². The van der Waals surface area contributed by atoms with Gasteiger partial charge in [-0.3, -0.25) is 4.79 Å². The Morgan fingerprint density at radius 2 is 2.11 bits per heavy atom. The lowest BCUT2D eigenvalue weighted by molar-refractivity contribution is -0.138. The maximum absolute atomic E-state index is 12.3. The highest BCUT2D eigenvalue weighted by atomic mass is 16.5. The third-order valence-corrected chi connectivity index (χ3v) is 3.68. The van der Waals surface area contributed by atoms with E-state index in [1.54, 1.807) is 7.11 Å². The van der Waals surface area contributed by atoms with Crippen LogP contribution in [0, 0.1) is 5.41 Å². The van der Waals surface area contributed by atoms with Crippen molar-refractivity contribution in [3.05, 3.63) is 29.8 Å². The minimum atomic E-state index is -0.288. The minimum absolute atomic E-state index is 0.248. The molecule has 1 unspecified atom stereocenters. The third-order valence-electron chi connectivity index (χ3n) is 3.68. The quantitative estimate of drug-likeness (QED) is 0.819. The van der Waals surface area contributed by atoms with Crippen LogP contribution in [0.3, 0.4) is 0 Å². The highest BCUT2D eigenvalue weighted by molar-refractivity contribution is 5.81. The van der Waals surface area contributed by atoms with Crippen LogP contribution in [0.15, 0.2) is 24.3 Å². The van der Waals surface area contributed by atoms with Crippen LogP contribution in [0.25, 0.3) is 0 Å². The summed E-state index contributed by atoms with van der Waals surface area (Å²) in [6.45, 7) is 7.62. The Balaban J connectivity index is 2.08. The van der Waals surface area contributed by atoms with Crippen LogP contribution in [0.2, 0.25) is 0 Å². The van der Waals surface area contributed by atoms with Crippen molar-refractivity contribution in [2.45, 2.75) is 33.1 Å². The summed E-state index contributed by atoms with van der Waals surface area (Å²) in [6.07, 6.45) is 1.04. The fourth-order valence-corrected chi connectivity index (χ4v) is 2.59. The van der Waals surface area contributed by atoms with Gasteiger partial charge in [-0.1, -0.05) is 32.9 Å². The lowest BCUT2D eigenvalue weighted by Crippen LogP contribution is -2.37. The zero-order valence-electron chi connectivity index (χ0n) is 12.3. The summed E-state index contributed by atoms with van der Waals surface area (Å²) in [7, 11) is 1.68. The van der Waals surface area contributed by atoms with Crippen LogP contribution in [-0.4, -0.2) is 31.0 Å². The molecule has 2 rings (SSSR count). The minimum Gasteiger partial charge on any atom is -0.497 e. The molecule has 0 saturated carbocycles. The molecule has 0 N–H and O–H groups in total. The Morgan fingerprint density at radius 3 is 2.74 bits per heavy atom. The first-order valence-corrected chi connectivity index (χ1v) is 6.85. The van der Waals surface area contributed by atoms with Gasteiger partial charge in [0.25, 0.3) is 0 Å². The number of nitrogens with zero attached hydrogens (tertiary/aromatic N) is 1. The molecule has 0 bridgehead atoms. The van der Waals surface area contributed by atoms with Gasteiger partial charge >= 0.3 is 0 Å². The van der Waals surface area contributed by atoms with E-state index in [-0.39, 0.29) is 11.3 Å². The lowest BCUT2D eigenvalue weighted by Gasteiger charge is -2.25. The number of benzene rings is 1. The van der Waals surface area contributed by atoms with E-state index in [0.717, 1.165) is 25.3 Å². The number of ether oxygens (including phenoxy) is 1. The third kappa shape index (κ3) is 3.09. The first kappa shape index (κ1) is 13.9. The molecule has 1 atom stereocenters. The SMILES string of the molecule is COc1cccc(C2CCN(C(=O)C(C)(C)C)C2)c1. The number of rotatable bonds is 2. The second-order valence-corrected chi connectivity index (χ2v) is 6.26. The van der Waals surface area contributed by atoms with E-state index < -0.39 is 0 Å². The predicted molar refractivity (Wildman–Crippen MR) is 76.4 cm³/mol. The summed E-state index contributed by atoms with van der Waals surface area (Å²) in [6, 6.07) is 8.17. The van der Waals surface area contributed by atoms with Crippen LogP contribution in [0.5, 0.6) is 5.75 Å². The molecule has 1 aliphatic heterocycles. The van der Waals surface area contributed by atoms with Crippen molar-refractivity contribution < 1.29 is 9.53 Å². The number of hydrogen-bond donors (Lipinski definition) is 0. The molecule has 0 aliphatic carbocycles. The fourth-order valence-electron chi connectivity index (χ4n) is 2.59. The van der Waals surface area contributed by atoms with Crippen molar-refractivity contribution in [2.24, 2.45) is 5.41 Å². The van der Waals surface area contributed by atoms with Crippen molar-refractivity contribution in [1.29, 1.82) is 0 Å². The maximum atomic E-state index is 12.3. The first-order valence-electron chi connectivity index (χ1n) is 6.85. The zero-order valence-corrected chi connectivity index (χ0v) is 12.3. The van der Waals surface area contributed by atoms with Crippen LogP contribution >= 0.6 is 0 Å². The van der Waals surface area contributed by atoms with Gasteiger partial charge in [0.2, 0.25) is 5.91 Å². The Labute approximate surface area is 115 Å². The molecular formula is C16H23NO2. The van der Waals surface area contributed by atoms with Gasteiger partial charge in [-0.25, -0.2) is 0 Å². The van der Waals surface area contributed by atoms with E-state index in [1.807, 2.05) is 37.8 Å². The predicted octanol–water partition coefficient (Wildman–Crippen LogP) is 3.06. The van der Waals surface area contributed by atoms with Gasteiger partial charge in [-0.2, -0.15) is 0 Å². The average molecular weight is 261 g/mol. The van der Waals surface area contributed by atoms with E-state index in [0.29, 0.717) is 5.92 Å². The summed E-state index contributed by atoms with van der Waals surface area (Å²) in [4.78, 5) is 14.3. The normalized spacial score (nSPS) is 19.6. The average Bonchev–Trinajstić information content (AvgIpc) is 2.86. The molecule has 1 saturated heterocycles. The van der Waals surface area contributed by atoms with Crippen molar-refractivity contribution >= 4 is 5.91 Å². The molecule has 1 aromatic rings. The molecule has 104 valence electrons. The van der Waals surface area contributed by atoms with Crippen LogP contribution < -0.4 is 4.74 Å². The van der Waals surface area contributed by atoms with Gasteiger partial charge in [0.1, 0.15) is 5.75 Å². The summed E-state index contributed by atoms with van der Waals surface area (Å²) < 4.78 is 5.26. The molecular weight excluding hydrogens is 238 g/mol. The number of likely N-dealkylation sites (tertiary alicyclic amines) is 1. The van der Waals surface area contributed by atoms with Gasteiger partial charge in [0.15, 0.2) is 0 Å². The number of amides is 1. The molecule has 1 fully saturated rings. The number of hydrogen-bond acceptors (Lipinski definition) is 2. The monoisotopic (exact) mass is 261 g/mol. The molecule has 3 heteroatoms. The lowest BCUT2D eigenvalue weighted by atomic mass is 9.94. The standard InChI is InChI=1S/C16H23NO2/c1-16(2,3)15(18)17-9-8-13(11-17)12-6-5-7-14(10-12)19-4/h5-7,10,13H,8-9,11H2,1-4H3. The van der Waals surface area contributed by atoms with E-state index in [1.165, 1.54) is 5.56 Å². The Morgan fingerprint density at radius 1 is 1.37 bits per heavy atom. The van der Waals surface area contributed by atoms with Crippen LogP contribution in [0.4, 0.5) is 0 Å². The summed E-state index contributed by atoms with van der Waals surface area (Å²) in [5, 5.41) is 0. The van der Waals surface area contributed by atoms with E-state index in [2.05, 4.69) is 12.1 Å². The second-order valence-electron chi connectivity index (χ2n) is 6.26. The number of carbonyl (C=O) groups excluding carboxylic acids is 1. The molecule has 1 aliphatic rings. The van der Waals surface area contributed by atoms with Gasteiger partial charge in [-0.15, -0.1) is 0 Å². The van der Waals surface area contributed by atoms with Gasteiger partial charge < -0.3 is 9.64 Å². The fraction of sp³-hybridized carbons (Fsp3) is 0.562. The van der Waals surface area contributed by atoms with Crippen molar-refractivity contribution in [1.82, 2.24) is 4.90 Å². The summed E-state index contributed by atoms with van der Waals surface area (Å²) >= 11 is 0. The van der Waals surface area contributed by atoms with E-state index >= 15 is 0 Å². The first-order chi connectivity index (χ1) is 8.91. The molecule has 19 heavy (non-hydrogen) atoms. The smallest absolute Gasteiger partial charge is 0.227 e.